The molecule has 0 unspecified atom stereocenters. The highest BCUT2D eigenvalue weighted by Gasteiger charge is 2.32. The Hall–Kier alpha value is -2.28. The summed E-state index contributed by atoms with van der Waals surface area (Å²) >= 11 is 0. The third kappa shape index (κ3) is 2.45. The summed E-state index contributed by atoms with van der Waals surface area (Å²) < 4.78 is 1.97. The van der Waals surface area contributed by atoms with E-state index in [1.165, 1.54) is 0 Å². The maximum absolute atomic E-state index is 12.0. The highest BCUT2D eigenvalue weighted by molar-refractivity contribution is 5.93. The molecular weight excluding hydrogens is 238 g/mol. The van der Waals surface area contributed by atoms with Gasteiger partial charge in [-0.1, -0.05) is 12.0 Å². The van der Waals surface area contributed by atoms with Crippen molar-refractivity contribution < 1.29 is 4.79 Å². The molecule has 0 bridgehead atoms. The molecule has 0 atom stereocenters. The Morgan fingerprint density at radius 3 is 3.05 bits per heavy atom. The number of nitrogens with zero attached hydrogens (tertiary/aromatic N) is 3. The van der Waals surface area contributed by atoms with Crippen molar-refractivity contribution in [3.05, 3.63) is 36.3 Å². The predicted octanol–water partition coefficient (Wildman–Crippen LogP) is 1.85. The Labute approximate surface area is 112 Å². The largest absolute Gasteiger partial charge is 0.323 e. The summed E-state index contributed by atoms with van der Waals surface area (Å²) in [7, 11) is 0. The average Bonchev–Trinajstić information content (AvgIpc) is 3.15. The molecular formula is C15H15N3O. The van der Waals surface area contributed by atoms with Crippen molar-refractivity contribution in [1.82, 2.24) is 14.3 Å². The third-order valence-corrected chi connectivity index (χ3v) is 3.23. The minimum Gasteiger partial charge on any atom is -0.323 e. The van der Waals surface area contributed by atoms with Crippen molar-refractivity contribution in [2.45, 2.75) is 32.4 Å². The summed E-state index contributed by atoms with van der Waals surface area (Å²) in [4.78, 5) is 18.3. The van der Waals surface area contributed by atoms with Crippen LogP contribution in [0, 0.1) is 11.8 Å². The molecule has 4 heteroatoms. The minimum atomic E-state index is -0.0953. The van der Waals surface area contributed by atoms with E-state index in [1.807, 2.05) is 39.9 Å². The Kier molecular flexibility index (Phi) is 2.96. The molecule has 0 N–H and O–H groups in total. The summed E-state index contributed by atoms with van der Waals surface area (Å²) in [5.41, 5.74) is 1.81. The third-order valence-electron chi connectivity index (χ3n) is 3.23. The first kappa shape index (κ1) is 11.8. The summed E-state index contributed by atoms with van der Waals surface area (Å²) in [6, 6.07) is 6.22. The van der Waals surface area contributed by atoms with Crippen molar-refractivity contribution >= 4 is 11.6 Å². The minimum absolute atomic E-state index is 0.0953. The molecule has 0 radical (unpaired) electrons. The van der Waals surface area contributed by atoms with E-state index >= 15 is 0 Å². The fraction of sp³-hybridized carbons (Fsp3) is 0.333. The first-order valence-corrected chi connectivity index (χ1v) is 6.44. The van der Waals surface area contributed by atoms with Gasteiger partial charge in [0.2, 0.25) is 0 Å². The Morgan fingerprint density at radius 1 is 1.53 bits per heavy atom. The van der Waals surface area contributed by atoms with Crippen LogP contribution in [0.1, 0.15) is 25.5 Å². The molecule has 2 aromatic rings. The molecule has 2 aromatic heterocycles. The fourth-order valence-corrected chi connectivity index (χ4v) is 2.17. The van der Waals surface area contributed by atoms with Gasteiger partial charge >= 0.3 is 0 Å². The molecule has 4 nitrogen and oxygen atoms in total. The molecule has 1 saturated carbocycles. The van der Waals surface area contributed by atoms with E-state index in [-0.39, 0.29) is 5.91 Å². The average molecular weight is 253 g/mol. The molecule has 0 spiro atoms. The van der Waals surface area contributed by atoms with Gasteiger partial charge in [0.1, 0.15) is 5.65 Å². The van der Waals surface area contributed by atoms with Crippen molar-refractivity contribution in [2.24, 2.45) is 0 Å². The van der Waals surface area contributed by atoms with Gasteiger partial charge in [0.15, 0.2) is 0 Å². The van der Waals surface area contributed by atoms with Crippen LogP contribution in [-0.4, -0.2) is 26.2 Å². The number of rotatable bonds is 3. The number of fused-ring (bicyclic) bond motifs is 1. The monoisotopic (exact) mass is 253 g/mol. The Bertz CT molecular complexity index is 640. The van der Waals surface area contributed by atoms with E-state index in [2.05, 4.69) is 16.8 Å². The summed E-state index contributed by atoms with van der Waals surface area (Å²) in [6.45, 7) is 2.23. The van der Waals surface area contributed by atoms with E-state index in [4.69, 9.17) is 0 Å². The quantitative estimate of drug-likeness (QED) is 0.783. The van der Waals surface area contributed by atoms with Crippen LogP contribution in [0.15, 0.2) is 30.6 Å². The van der Waals surface area contributed by atoms with E-state index in [9.17, 15) is 4.79 Å². The maximum atomic E-state index is 12.0. The van der Waals surface area contributed by atoms with Gasteiger partial charge in [-0.2, -0.15) is 0 Å². The first-order chi connectivity index (χ1) is 9.28. The second-order valence-electron chi connectivity index (χ2n) is 4.74. The van der Waals surface area contributed by atoms with Crippen molar-refractivity contribution in [2.75, 3.05) is 0 Å². The smallest absolute Gasteiger partial charge is 0.299 e. The molecule has 1 aliphatic carbocycles. The number of aromatic nitrogens is 2. The van der Waals surface area contributed by atoms with Crippen LogP contribution in [0.25, 0.3) is 5.65 Å². The molecule has 2 heterocycles. The van der Waals surface area contributed by atoms with Crippen molar-refractivity contribution in [3.63, 3.8) is 0 Å². The van der Waals surface area contributed by atoms with E-state index in [0.29, 0.717) is 12.6 Å². The van der Waals surface area contributed by atoms with Gasteiger partial charge in [-0.3, -0.25) is 4.79 Å². The van der Waals surface area contributed by atoms with Crippen molar-refractivity contribution in [3.8, 4) is 11.8 Å². The molecule has 19 heavy (non-hydrogen) atoms. The highest BCUT2D eigenvalue weighted by atomic mass is 16.2. The van der Waals surface area contributed by atoms with Gasteiger partial charge < -0.3 is 9.30 Å². The van der Waals surface area contributed by atoms with Crippen LogP contribution in [0.3, 0.4) is 0 Å². The van der Waals surface area contributed by atoms with Gasteiger partial charge in [0, 0.05) is 18.4 Å². The number of imidazole rings is 1. The maximum Gasteiger partial charge on any atom is 0.299 e. The lowest BCUT2D eigenvalue weighted by molar-refractivity contribution is -0.126. The van der Waals surface area contributed by atoms with Crippen LogP contribution in [0.4, 0.5) is 0 Å². The SMILES string of the molecule is CC#CC(=O)N(Cc1cn2ccccc2n1)C1CC1. The van der Waals surface area contributed by atoms with Crippen LogP contribution in [0.2, 0.25) is 0 Å². The number of pyridine rings is 1. The van der Waals surface area contributed by atoms with Crippen LogP contribution in [-0.2, 0) is 11.3 Å². The lowest BCUT2D eigenvalue weighted by Gasteiger charge is -2.18. The van der Waals surface area contributed by atoms with Crippen LogP contribution >= 0.6 is 0 Å². The standard InChI is InChI=1S/C15H15N3O/c1-2-5-15(19)18(13-7-8-13)11-12-10-17-9-4-3-6-14(17)16-12/h3-4,6,9-10,13H,7-8,11H2,1H3. The molecule has 1 amide bonds. The second-order valence-corrected chi connectivity index (χ2v) is 4.74. The van der Waals surface area contributed by atoms with E-state index in [1.54, 1.807) is 6.92 Å². The first-order valence-electron chi connectivity index (χ1n) is 6.44. The second kappa shape index (κ2) is 4.77. The molecule has 0 aliphatic heterocycles. The lowest BCUT2D eigenvalue weighted by Crippen LogP contribution is -2.31. The molecule has 0 aromatic carbocycles. The zero-order valence-corrected chi connectivity index (χ0v) is 10.8. The molecule has 1 aliphatic rings. The number of hydrogen-bond acceptors (Lipinski definition) is 2. The number of carbonyl (C=O) groups is 1. The zero-order valence-electron chi connectivity index (χ0n) is 10.8. The molecule has 96 valence electrons. The Balaban J connectivity index is 1.84. The van der Waals surface area contributed by atoms with Crippen LogP contribution < -0.4 is 0 Å². The van der Waals surface area contributed by atoms with Crippen LogP contribution in [0.5, 0.6) is 0 Å². The lowest BCUT2D eigenvalue weighted by atomic mass is 10.3. The van der Waals surface area contributed by atoms with Gasteiger partial charge in [0.25, 0.3) is 5.91 Å². The summed E-state index contributed by atoms with van der Waals surface area (Å²) in [5, 5.41) is 0. The van der Waals surface area contributed by atoms with Gasteiger partial charge in [-0.15, -0.1) is 0 Å². The predicted molar refractivity (Wildman–Crippen MR) is 72.2 cm³/mol. The molecule has 1 fully saturated rings. The van der Waals surface area contributed by atoms with Gasteiger partial charge in [-0.25, -0.2) is 4.98 Å². The van der Waals surface area contributed by atoms with Gasteiger partial charge in [0.05, 0.1) is 12.2 Å². The fourth-order valence-electron chi connectivity index (χ4n) is 2.17. The highest BCUT2D eigenvalue weighted by Crippen LogP contribution is 2.28. The topological polar surface area (TPSA) is 37.6 Å². The summed E-state index contributed by atoms with van der Waals surface area (Å²) in [6.07, 6.45) is 6.08. The number of amides is 1. The zero-order chi connectivity index (χ0) is 13.2. The van der Waals surface area contributed by atoms with Gasteiger partial charge in [-0.05, 0) is 37.8 Å². The Morgan fingerprint density at radius 2 is 2.37 bits per heavy atom. The number of hydrogen-bond donors (Lipinski definition) is 0. The normalized spacial score (nSPS) is 13.9. The van der Waals surface area contributed by atoms with E-state index in [0.717, 1.165) is 24.2 Å². The molecule has 0 saturated heterocycles. The molecule has 3 rings (SSSR count). The number of carbonyl (C=O) groups excluding carboxylic acids is 1. The summed E-state index contributed by atoms with van der Waals surface area (Å²) in [5.74, 6) is 5.20. The van der Waals surface area contributed by atoms with E-state index < -0.39 is 0 Å². The van der Waals surface area contributed by atoms with Crippen molar-refractivity contribution in [1.29, 1.82) is 0 Å².